The van der Waals surface area contributed by atoms with Gasteiger partial charge in [-0.25, -0.2) is 0 Å². The number of fused-ring (bicyclic) bond motifs is 3. The van der Waals surface area contributed by atoms with Crippen molar-refractivity contribution in [3.8, 4) is 22.9 Å². The Morgan fingerprint density at radius 1 is 0.880 bits per heavy atom. The zero-order chi connectivity index (χ0) is 17.2. The normalized spacial score (nSPS) is 13.6. The van der Waals surface area contributed by atoms with Crippen molar-refractivity contribution in [2.24, 2.45) is 0 Å². The maximum absolute atomic E-state index is 9.72. The van der Waals surface area contributed by atoms with Crippen molar-refractivity contribution in [2.75, 3.05) is 7.11 Å². The topological polar surface area (TPSA) is 45.0 Å². The molecule has 0 saturated heterocycles. The SMILES string of the molecule is COc1ccc([C@H](C#N)NC2c3ccccc3-c3ccccc32)cc1. The van der Waals surface area contributed by atoms with Gasteiger partial charge in [-0.15, -0.1) is 0 Å². The first-order valence-electron chi connectivity index (χ1n) is 8.29. The van der Waals surface area contributed by atoms with E-state index in [1.807, 2.05) is 36.4 Å². The molecule has 3 aromatic rings. The lowest BCUT2D eigenvalue weighted by Crippen LogP contribution is -2.25. The Labute approximate surface area is 147 Å². The highest BCUT2D eigenvalue weighted by Gasteiger charge is 2.29. The number of nitrogens with zero attached hydrogens (tertiary/aromatic N) is 1. The van der Waals surface area contributed by atoms with Crippen molar-refractivity contribution >= 4 is 0 Å². The monoisotopic (exact) mass is 326 g/mol. The number of hydrogen-bond donors (Lipinski definition) is 1. The van der Waals surface area contributed by atoms with Crippen LogP contribution in [0.3, 0.4) is 0 Å². The molecule has 0 aromatic heterocycles. The van der Waals surface area contributed by atoms with Gasteiger partial charge in [-0.05, 0) is 39.9 Å². The van der Waals surface area contributed by atoms with Crippen LogP contribution in [0.25, 0.3) is 11.1 Å². The molecule has 122 valence electrons. The number of hydrogen-bond acceptors (Lipinski definition) is 3. The summed E-state index contributed by atoms with van der Waals surface area (Å²) in [5.41, 5.74) is 5.85. The maximum Gasteiger partial charge on any atom is 0.122 e. The molecule has 0 amide bonds. The van der Waals surface area contributed by atoms with E-state index in [4.69, 9.17) is 4.74 Å². The Kier molecular flexibility index (Phi) is 3.97. The number of nitrogens with one attached hydrogen (secondary N) is 1. The Morgan fingerprint density at radius 3 is 1.96 bits per heavy atom. The maximum atomic E-state index is 9.72. The van der Waals surface area contributed by atoms with Crippen molar-refractivity contribution in [1.29, 1.82) is 5.26 Å². The van der Waals surface area contributed by atoms with Gasteiger partial charge in [0.25, 0.3) is 0 Å². The van der Waals surface area contributed by atoms with Gasteiger partial charge in [0, 0.05) is 0 Å². The predicted octanol–water partition coefficient (Wildman–Crippen LogP) is 4.62. The number of ether oxygens (including phenoxy) is 1. The second-order valence-electron chi connectivity index (χ2n) is 6.11. The fraction of sp³-hybridized carbons (Fsp3) is 0.136. The highest BCUT2D eigenvalue weighted by atomic mass is 16.5. The van der Waals surface area contributed by atoms with E-state index in [1.165, 1.54) is 22.3 Å². The van der Waals surface area contributed by atoms with Crippen LogP contribution in [0.15, 0.2) is 72.8 Å². The number of nitriles is 1. The Balaban J connectivity index is 1.70. The first-order chi connectivity index (χ1) is 12.3. The first-order valence-corrected chi connectivity index (χ1v) is 8.29. The van der Waals surface area contributed by atoms with Crippen molar-refractivity contribution in [2.45, 2.75) is 12.1 Å². The largest absolute Gasteiger partial charge is 0.497 e. The molecule has 0 bridgehead atoms. The highest BCUT2D eigenvalue weighted by Crippen LogP contribution is 2.43. The van der Waals surface area contributed by atoms with Crippen LogP contribution in [-0.2, 0) is 0 Å². The van der Waals surface area contributed by atoms with Gasteiger partial charge in [-0.3, -0.25) is 5.32 Å². The predicted molar refractivity (Wildman–Crippen MR) is 98.2 cm³/mol. The summed E-state index contributed by atoms with van der Waals surface area (Å²) < 4.78 is 5.21. The molecule has 1 N–H and O–H groups in total. The van der Waals surface area contributed by atoms with Crippen LogP contribution in [-0.4, -0.2) is 7.11 Å². The number of methoxy groups -OCH3 is 1. The summed E-state index contributed by atoms with van der Waals surface area (Å²) in [5, 5.41) is 13.2. The Bertz CT molecular complexity index is 895. The average Bonchev–Trinajstić information content (AvgIpc) is 3.00. The molecule has 0 heterocycles. The molecule has 0 aliphatic heterocycles. The zero-order valence-electron chi connectivity index (χ0n) is 13.9. The summed E-state index contributed by atoms with van der Waals surface area (Å²) in [4.78, 5) is 0. The molecule has 0 spiro atoms. The van der Waals surface area contributed by atoms with Crippen molar-refractivity contribution in [3.63, 3.8) is 0 Å². The van der Waals surface area contributed by atoms with Gasteiger partial charge < -0.3 is 4.74 Å². The summed E-state index contributed by atoms with van der Waals surface area (Å²) in [6.45, 7) is 0. The fourth-order valence-corrected chi connectivity index (χ4v) is 3.51. The average molecular weight is 326 g/mol. The molecule has 3 aromatic carbocycles. The summed E-state index contributed by atoms with van der Waals surface area (Å²) in [7, 11) is 1.64. The minimum Gasteiger partial charge on any atom is -0.497 e. The molecule has 1 aliphatic rings. The Morgan fingerprint density at radius 2 is 1.44 bits per heavy atom. The molecule has 0 fully saturated rings. The molecule has 4 rings (SSSR count). The van der Waals surface area contributed by atoms with Gasteiger partial charge in [0.15, 0.2) is 0 Å². The van der Waals surface area contributed by atoms with Crippen LogP contribution >= 0.6 is 0 Å². The second kappa shape index (κ2) is 6.43. The minimum atomic E-state index is -0.393. The van der Waals surface area contributed by atoms with Gasteiger partial charge in [-0.1, -0.05) is 60.7 Å². The summed E-state index contributed by atoms with van der Waals surface area (Å²) in [6, 6.07) is 26.4. The molecule has 3 nitrogen and oxygen atoms in total. The van der Waals surface area contributed by atoms with E-state index in [2.05, 4.69) is 47.8 Å². The van der Waals surface area contributed by atoms with Crippen molar-refractivity contribution in [3.05, 3.63) is 89.5 Å². The molecular formula is C22H18N2O. The van der Waals surface area contributed by atoms with Gasteiger partial charge in [0.1, 0.15) is 11.8 Å². The van der Waals surface area contributed by atoms with Crippen molar-refractivity contribution in [1.82, 2.24) is 5.32 Å². The second-order valence-corrected chi connectivity index (χ2v) is 6.11. The van der Waals surface area contributed by atoms with E-state index in [0.717, 1.165) is 11.3 Å². The van der Waals surface area contributed by atoms with Crippen LogP contribution in [0.1, 0.15) is 28.8 Å². The van der Waals surface area contributed by atoms with Crippen LogP contribution in [0.4, 0.5) is 0 Å². The molecule has 1 atom stereocenters. The van der Waals surface area contributed by atoms with Gasteiger partial charge in [-0.2, -0.15) is 5.26 Å². The number of rotatable bonds is 4. The van der Waals surface area contributed by atoms with Crippen LogP contribution in [0.2, 0.25) is 0 Å². The van der Waals surface area contributed by atoms with E-state index < -0.39 is 6.04 Å². The molecular weight excluding hydrogens is 308 g/mol. The minimum absolute atomic E-state index is 0.0131. The molecule has 1 aliphatic carbocycles. The van der Waals surface area contributed by atoms with E-state index in [9.17, 15) is 5.26 Å². The van der Waals surface area contributed by atoms with Crippen LogP contribution in [0, 0.1) is 11.3 Å². The molecule has 25 heavy (non-hydrogen) atoms. The fourth-order valence-electron chi connectivity index (χ4n) is 3.51. The summed E-state index contributed by atoms with van der Waals surface area (Å²) in [6.07, 6.45) is 0. The zero-order valence-corrected chi connectivity index (χ0v) is 13.9. The van der Waals surface area contributed by atoms with E-state index >= 15 is 0 Å². The van der Waals surface area contributed by atoms with Crippen molar-refractivity contribution < 1.29 is 4.74 Å². The van der Waals surface area contributed by atoms with E-state index in [0.29, 0.717) is 0 Å². The summed E-state index contributed by atoms with van der Waals surface area (Å²) in [5.74, 6) is 0.789. The van der Waals surface area contributed by atoms with Crippen LogP contribution in [0.5, 0.6) is 5.75 Å². The standard InChI is InChI=1S/C22H18N2O/c1-25-16-12-10-15(11-13-16)21(14-23)24-22-19-8-4-2-6-17(19)18-7-3-5-9-20(18)22/h2-13,21-22,24H,1H3/t21-/m0/s1. The lowest BCUT2D eigenvalue weighted by molar-refractivity contribution is 0.414. The molecule has 0 saturated carbocycles. The Hall–Kier alpha value is -3.09. The molecule has 0 radical (unpaired) electrons. The van der Waals surface area contributed by atoms with Crippen LogP contribution < -0.4 is 10.1 Å². The lowest BCUT2D eigenvalue weighted by Gasteiger charge is -2.20. The lowest BCUT2D eigenvalue weighted by atomic mass is 10.0. The highest BCUT2D eigenvalue weighted by molar-refractivity contribution is 5.78. The van der Waals surface area contributed by atoms with Gasteiger partial charge in [0.2, 0.25) is 0 Å². The third kappa shape index (κ3) is 2.67. The quantitative estimate of drug-likeness (QED) is 0.761. The molecule has 0 unspecified atom stereocenters. The van der Waals surface area contributed by atoms with Gasteiger partial charge in [0.05, 0.1) is 19.2 Å². The smallest absolute Gasteiger partial charge is 0.122 e. The van der Waals surface area contributed by atoms with E-state index in [-0.39, 0.29) is 6.04 Å². The summed E-state index contributed by atoms with van der Waals surface area (Å²) >= 11 is 0. The first kappa shape index (κ1) is 15.4. The third-order valence-corrected chi connectivity index (χ3v) is 4.75. The number of benzene rings is 3. The van der Waals surface area contributed by atoms with E-state index in [1.54, 1.807) is 7.11 Å². The molecule has 3 heteroatoms. The third-order valence-electron chi connectivity index (χ3n) is 4.75. The van der Waals surface area contributed by atoms with Gasteiger partial charge >= 0.3 is 0 Å².